The Hall–Kier alpha value is -1.09. The smallest absolute Gasteiger partial charge is 0.123 e. The minimum atomic E-state index is 0.595. The van der Waals surface area contributed by atoms with Crippen LogP contribution in [0, 0.1) is 5.92 Å². The summed E-state index contributed by atoms with van der Waals surface area (Å²) in [7, 11) is 2.22. The van der Waals surface area contributed by atoms with Gasteiger partial charge in [-0.1, -0.05) is 25.8 Å². The highest BCUT2D eigenvalue weighted by Crippen LogP contribution is 2.35. The minimum absolute atomic E-state index is 0.595. The van der Waals surface area contributed by atoms with Crippen molar-refractivity contribution in [2.24, 2.45) is 5.92 Å². The van der Waals surface area contributed by atoms with Crippen LogP contribution in [0.4, 0.5) is 5.82 Å². The zero-order valence-electron chi connectivity index (χ0n) is 12.3. The first-order valence-corrected chi connectivity index (χ1v) is 7.61. The van der Waals surface area contributed by atoms with Crippen LogP contribution in [0.15, 0.2) is 18.2 Å². The fourth-order valence-corrected chi connectivity index (χ4v) is 3.16. The molecular formula is C16H27N3. The van der Waals surface area contributed by atoms with Gasteiger partial charge in [-0.2, -0.15) is 0 Å². The van der Waals surface area contributed by atoms with Crippen LogP contribution in [-0.2, 0) is 0 Å². The first-order chi connectivity index (χ1) is 9.20. The van der Waals surface area contributed by atoms with Gasteiger partial charge in [0.05, 0.1) is 0 Å². The number of pyridine rings is 1. The molecule has 2 heterocycles. The molecule has 2 N–H and O–H groups in total. The van der Waals surface area contributed by atoms with E-state index in [1.807, 2.05) is 12.1 Å². The third-order valence-electron chi connectivity index (χ3n) is 4.37. The Morgan fingerprint density at radius 1 is 1.37 bits per heavy atom. The Labute approximate surface area is 117 Å². The van der Waals surface area contributed by atoms with Gasteiger partial charge in [0.15, 0.2) is 0 Å². The highest BCUT2D eigenvalue weighted by atomic mass is 15.1. The van der Waals surface area contributed by atoms with Crippen molar-refractivity contribution < 1.29 is 0 Å². The maximum absolute atomic E-state index is 5.86. The molecule has 2 rings (SSSR count). The lowest BCUT2D eigenvalue weighted by atomic mass is 9.79. The number of rotatable bonds is 5. The minimum Gasteiger partial charge on any atom is -0.384 e. The van der Waals surface area contributed by atoms with Crippen LogP contribution in [0.2, 0.25) is 0 Å². The van der Waals surface area contributed by atoms with E-state index in [1.54, 1.807) is 0 Å². The predicted octanol–water partition coefficient (Wildman–Crippen LogP) is 3.28. The summed E-state index contributed by atoms with van der Waals surface area (Å²) in [6.45, 7) is 4.70. The Morgan fingerprint density at radius 3 is 2.74 bits per heavy atom. The Balaban J connectivity index is 2.11. The van der Waals surface area contributed by atoms with Crippen molar-refractivity contribution in [2.45, 2.75) is 44.9 Å². The molecule has 1 aromatic heterocycles. The third-order valence-corrected chi connectivity index (χ3v) is 4.37. The van der Waals surface area contributed by atoms with Gasteiger partial charge < -0.3 is 10.6 Å². The van der Waals surface area contributed by atoms with Gasteiger partial charge >= 0.3 is 0 Å². The Bertz CT molecular complexity index is 383. The molecule has 0 amide bonds. The Morgan fingerprint density at radius 2 is 2.11 bits per heavy atom. The van der Waals surface area contributed by atoms with Crippen LogP contribution < -0.4 is 5.73 Å². The van der Waals surface area contributed by atoms with E-state index in [4.69, 9.17) is 5.73 Å². The number of nitrogens with zero attached hydrogens (tertiary/aromatic N) is 2. The van der Waals surface area contributed by atoms with Gasteiger partial charge in [0, 0.05) is 11.6 Å². The number of hydrogen-bond acceptors (Lipinski definition) is 3. The van der Waals surface area contributed by atoms with E-state index in [9.17, 15) is 0 Å². The van der Waals surface area contributed by atoms with E-state index in [1.165, 1.54) is 50.9 Å². The molecule has 106 valence electrons. The van der Waals surface area contributed by atoms with E-state index < -0.39 is 0 Å². The van der Waals surface area contributed by atoms with Crippen LogP contribution in [0.5, 0.6) is 0 Å². The number of aromatic nitrogens is 1. The van der Waals surface area contributed by atoms with Crippen molar-refractivity contribution >= 4 is 5.82 Å². The van der Waals surface area contributed by atoms with Crippen molar-refractivity contribution in [1.29, 1.82) is 0 Å². The standard InChI is InChI=1S/C16H27N3/c1-3-4-6-14(13-9-11-19(2)12-10-13)15-7-5-8-16(17)18-15/h5,7-8,13-14H,3-4,6,9-12H2,1-2H3,(H2,17,18). The zero-order chi connectivity index (χ0) is 13.7. The number of nitrogens with two attached hydrogens (primary N) is 1. The number of likely N-dealkylation sites (tertiary alicyclic amines) is 1. The molecule has 3 heteroatoms. The molecule has 0 saturated carbocycles. The van der Waals surface area contributed by atoms with Crippen molar-refractivity contribution in [3.63, 3.8) is 0 Å². The average molecular weight is 261 g/mol. The van der Waals surface area contributed by atoms with Crippen molar-refractivity contribution in [2.75, 3.05) is 25.9 Å². The molecule has 1 saturated heterocycles. The third kappa shape index (κ3) is 3.93. The predicted molar refractivity (Wildman–Crippen MR) is 81.1 cm³/mol. The van der Waals surface area contributed by atoms with E-state index in [2.05, 4.69) is 29.9 Å². The van der Waals surface area contributed by atoms with Gasteiger partial charge in [0.25, 0.3) is 0 Å². The molecule has 3 nitrogen and oxygen atoms in total. The van der Waals surface area contributed by atoms with Gasteiger partial charge in [-0.15, -0.1) is 0 Å². The summed E-state index contributed by atoms with van der Waals surface area (Å²) in [5.74, 6) is 2.03. The normalized spacial score (nSPS) is 19.5. The quantitative estimate of drug-likeness (QED) is 0.884. The largest absolute Gasteiger partial charge is 0.384 e. The van der Waals surface area contributed by atoms with Crippen LogP contribution in [-0.4, -0.2) is 30.0 Å². The molecule has 1 aliphatic rings. The van der Waals surface area contributed by atoms with E-state index in [0.717, 1.165) is 5.92 Å². The van der Waals surface area contributed by atoms with Crippen LogP contribution in [0.25, 0.3) is 0 Å². The maximum atomic E-state index is 5.86. The molecule has 1 unspecified atom stereocenters. The van der Waals surface area contributed by atoms with E-state index in [0.29, 0.717) is 11.7 Å². The topological polar surface area (TPSA) is 42.1 Å². The second-order valence-corrected chi connectivity index (χ2v) is 5.88. The molecule has 0 radical (unpaired) electrons. The lowest BCUT2D eigenvalue weighted by molar-refractivity contribution is 0.191. The zero-order valence-corrected chi connectivity index (χ0v) is 12.3. The molecule has 1 fully saturated rings. The molecule has 0 aromatic carbocycles. The molecule has 0 aliphatic carbocycles. The van der Waals surface area contributed by atoms with Crippen LogP contribution in [0.3, 0.4) is 0 Å². The highest BCUT2D eigenvalue weighted by molar-refractivity contribution is 5.30. The molecule has 1 aromatic rings. The van der Waals surface area contributed by atoms with Crippen LogP contribution >= 0.6 is 0 Å². The molecule has 1 atom stereocenters. The summed E-state index contributed by atoms with van der Waals surface area (Å²) in [6, 6.07) is 6.09. The summed E-state index contributed by atoms with van der Waals surface area (Å²) in [4.78, 5) is 7.02. The van der Waals surface area contributed by atoms with Gasteiger partial charge in [-0.25, -0.2) is 4.98 Å². The number of unbranched alkanes of at least 4 members (excludes halogenated alkanes) is 1. The van der Waals surface area contributed by atoms with Gasteiger partial charge in [0.2, 0.25) is 0 Å². The number of hydrogen-bond donors (Lipinski definition) is 1. The van der Waals surface area contributed by atoms with Gasteiger partial charge in [-0.05, 0) is 57.5 Å². The number of piperidine rings is 1. The molecule has 0 spiro atoms. The summed E-state index contributed by atoms with van der Waals surface area (Å²) in [6.07, 6.45) is 6.38. The number of nitrogen functional groups attached to an aromatic ring is 1. The van der Waals surface area contributed by atoms with E-state index >= 15 is 0 Å². The first-order valence-electron chi connectivity index (χ1n) is 7.61. The fraction of sp³-hybridized carbons (Fsp3) is 0.688. The molecular weight excluding hydrogens is 234 g/mol. The molecule has 0 bridgehead atoms. The lowest BCUT2D eigenvalue weighted by Crippen LogP contribution is -2.33. The van der Waals surface area contributed by atoms with Gasteiger partial charge in [0.1, 0.15) is 5.82 Å². The first kappa shape index (κ1) is 14.3. The summed E-state index contributed by atoms with van der Waals surface area (Å²) in [5, 5.41) is 0. The summed E-state index contributed by atoms with van der Waals surface area (Å²) in [5.41, 5.74) is 7.07. The van der Waals surface area contributed by atoms with Crippen molar-refractivity contribution in [3.8, 4) is 0 Å². The SMILES string of the molecule is CCCCC(c1cccc(N)n1)C1CCN(C)CC1. The summed E-state index contributed by atoms with van der Waals surface area (Å²) >= 11 is 0. The molecule has 1 aliphatic heterocycles. The highest BCUT2D eigenvalue weighted by Gasteiger charge is 2.27. The summed E-state index contributed by atoms with van der Waals surface area (Å²) < 4.78 is 0. The van der Waals surface area contributed by atoms with Crippen molar-refractivity contribution in [3.05, 3.63) is 23.9 Å². The number of anilines is 1. The Kier molecular flexibility index (Phi) is 5.20. The second kappa shape index (κ2) is 6.90. The molecule has 19 heavy (non-hydrogen) atoms. The van der Waals surface area contributed by atoms with Gasteiger partial charge in [-0.3, -0.25) is 0 Å². The fourth-order valence-electron chi connectivity index (χ4n) is 3.16. The average Bonchev–Trinajstić information content (AvgIpc) is 2.41. The second-order valence-electron chi connectivity index (χ2n) is 5.88. The van der Waals surface area contributed by atoms with Crippen LogP contribution in [0.1, 0.15) is 50.6 Å². The lowest BCUT2D eigenvalue weighted by Gasteiger charge is -2.34. The monoisotopic (exact) mass is 261 g/mol. The maximum Gasteiger partial charge on any atom is 0.123 e. The van der Waals surface area contributed by atoms with E-state index in [-0.39, 0.29) is 0 Å². The van der Waals surface area contributed by atoms with Crippen molar-refractivity contribution in [1.82, 2.24) is 9.88 Å².